The van der Waals surface area contributed by atoms with Gasteiger partial charge in [-0.15, -0.1) is 10.2 Å². The van der Waals surface area contributed by atoms with Gasteiger partial charge in [0.25, 0.3) is 0 Å². The molecule has 1 unspecified atom stereocenters. The second-order valence-electron chi connectivity index (χ2n) is 12.0. The van der Waals surface area contributed by atoms with Gasteiger partial charge in [-0.3, -0.25) is 4.79 Å². The van der Waals surface area contributed by atoms with E-state index in [1.54, 1.807) is 18.2 Å². The Morgan fingerprint density at radius 2 is 1.78 bits per heavy atom. The molecule has 12 heteroatoms. The molecule has 0 aliphatic carbocycles. The van der Waals surface area contributed by atoms with Gasteiger partial charge in [0, 0.05) is 36.8 Å². The molecular formula is C34H46Cl2N8O2. The van der Waals surface area contributed by atoms with Crippen molar-refractivity contribution in [3.05, 3.63) is 51.6 Å². The van der Waals surface area contributed by atoms with Crippen molar-refractivity contribution >= 4 is 57.7 Å². The Kier molecular flexibility index (Phi) is 13.4. The second kappa shape index (κ2) is 16.8. The third-order valence-corrected chi connectivity index (χ3v) is 8.09. The fourth-order valence-electron chi connectivity index (χ4n) is 5.02. The van der Waals surface area contributed by atoms with E-state index in [0.29, 0.717) is 45.2 Å². The monoisotopic (exact) mass is 668 g/mol. The Morgan fingerprint density at radius 1 is 1.11 bits per heavy atom. The van der Waals surface area contributed by atoms with Gasteiger partial charge in [-0.2, -0.15) is 10.4 Å². The summed E-state index contributed by atoms with van der Waals surface area (Å²) >= 11 is 13.7. The van der Waals surface area contributed by atoms with Crippen LogP contribution >= 0.6 is 23.2 Å². The number of anilines is 3. The SMILES string of the molecule is CCCCC(CC)OCNc1cc(Cl)c(-n2nc(C(C)(C)C)c(C#N)c2N=Nc2ccc(N(CC)CC)cc2NC(C)=O)c(Cl)c1. The summed E-state index contributed by atoms with van der Waals surface area (Å²) < 4.78 is 7.48. The summed E-state index contributed by atoms with van der Waals surface area (Å²) in [6, 6.07) is 11.3. The lowest BCUT2D eigenvalue weighted by atomic mass is 9.90. The summed E-state index contributed by atoms with van der Waals surface area (Å²) in [6.07, 6.45) is 4.36. The summed E-state index contributed by atoms with van der Waals surface area (Å²) in [5.74, 6) is -0.0710. The number of aromatic nitrogens is 2. The quantitative estimate of drug-likeness (QED) is 0.123. The summed E-state index contributed by atoms with van der Waals surface area (Å²) in [4.78, 5) is 14.2. The summed E-state index contributed by atoms with van der Waals surface area (Å²) in [7, 11) is 0. The van der Waals surface area contributed by atoms with E-state index in [0.717, 1.165) is 44.5 Å². The van der Waals surface area contributed by atoms with Crippen molar-refractivity contribution in [3.8, 4) is 11.8 Å². The first-order chi connectivity index (χ1) is 21.9. The lowest BCUT2D eigenvalue weighted by Gasteiger charge is -2.22. The molecule has 10 nitrogen and oxygen atoms in total. The van der Waals surface area contributed by atoms with E-state index < -0.39 is 5.41 Å². The minimum absolute atomic E-state index is 0.170. The van der Waals surface area contributed by atoms with Crippen LogP contribution in [0.5, 0.6) is 0 Å². The van der Waals surface area contributed by atoms with Crippen LogP contribution in [0.3, 0.4) is 0 Å². The van der Waals surface area contributed by atoms with Crippen LogP contribution in [0.15, 0.2) is 40.6 Å². The van der Waals surface area contributed by atoms with Crippen molar-refractivity contribution in [2.24, 2.45) is 10.2 Å². The van der Waals surface area contributed by atoms with Crippen LogP contribution in [-0.2, 0) is 14.9 Å². The number of rotatable bonds is 15. The van der Waals surface area contributed by atoms with Gasteiger partial charge < -0.3 is 20.3 Å². The number of amides is 1. The van der Waals surface area contributed by atoms with Crippen molar-refractivity contribution in [3.63, 3.8) is 0 Å². The number of halogens is 2. The fraction of sp³-hybridized carbons (Fsp3) is 0.500. The van der Waals surface area contributed by atoms with Gasteiger partial charge in [0.1, 0.15) is 29.7 Å². The molecular weight excluding hydrogens is 623 g/mol. The van der Waals surface area contributed by atoms with Crippen LogP contribution in [0.25, 0.3) is 5.69 Å². The molecule has 248 valence electrons. The molecule has 1 atom stereocenters. The largest absolute Gasteiger partial charge is 0.372 e. The Labute approximate surface area is 283 Å². The zero-order valence-electron chi connectivity index (χ0n) is 28.2. The predicted molar refractivity (Wildman–Crippen MR) is 189 cm³/mol. The fourth-order valence-corrected chi connectivity index (χ4v) is 5.67. The standard InChI is InChI=1S/C34H46Cl2N8O2/c1-9-13-14-25(10-2)46-21-38-23-17-27(35)31(28(36)18-23)44-33(26(20-37)32(42-44)34(6,7)8)41-40-29-16-15-24(43(11-3)12-4)19-30(29)39-22(5)45/h15-19,25,38H,9-14,21H2,1-8H3,(H,39,45). The van der Waals surface area contributed by atoms with Crippen molar-refractivity contribution in [2.75, 3.05) is 35.4 Å². The van der Waals surface area contributed by atoms with Gasteiger partial charge in [0.15, 0.2) is 5.82 Å². The van der Waals surface area contributed by atoms with E-state index in [2.05, 4.69) is 59.5 Å². The maximum absolute atomic E-state index is 12.1. The zero-order chi connectivity index (χ0) is 34.0. The smallest absolute Gasteiger partial charge is 0.221 e. The topological polar surface area (TPSA) is 120 Å². The molecule has 3 rings (SSSR count). The number of carbonyl (C=O) groups excluding carboxylic acids is 1. The van der Waals surface area contributed by atoms with Gasteiger partial charge in [-0.05, 0) is 57.0 Å². The summed E-state index contributed by atoms with van der Waals surface area (Å²) in [6.45, 7) is 17.7. The third kappa shape index (κ3) is 9.21. The van der Waals surface area contributed by atoms with Crippen molar-refractivity contribution < 1.29 is 9.53 Å². The van der Waals surface area contributed by atoms with E-state index in [1.807, 2.05) is 32.9 Å². The van der Waals surface area contributed by atoms with E-state index in [-0.39, 0.29) is 23.4 Å². The highest BCUT2D eigenvalue weighted by molar-refractivity contribution is 6.38. The van der Waals surface area contributed by atoms with Crippen LogP contribution in [0, 0.1) is 11.3 Å². The Bertz CT molecular complexity index is 1550. The minimum Gasteiger partial charge on any atom is -0.372 e. The van der Waals surface area contributed by atoms with Crippen LogP contribution in [0.2, 0.25) is 10.0 Å². The number of azo groups is 1. The highest BCUT2D eigenvalue weighted by Gasteiger charge is 2.29. The number of carbonyl (C=O) groups is 1. The first kappa shape index (κ1) is 36.8. The first-order valence-corrected chi connectivity index (χ1v) is 16.6. The number of nitriles is 1. The summed E-state index contributed by atoms with van der Waals surface area (Å²) in [5, 5.41) is 30.8. The number of hydrogen-bond acceptors (Lipinski definition) is 8. The summed E-state index contributed by atoms with van der Waals surface area (Å²) in [5.41, 5.74) is 3.17. The molecule has 0 saturated carbocycles. The Hall–Kier alpha value is -3.65. The number of ether oxygens (including phenoxy) is 1. The molecule has 2 N–H and O–H groups in total. The third-order valence-electron chi connectivity index (χ3n) is 7.51. The molecule has 46 heavy (non-hydrogen) atoms. The number of nitrogens with one attached hydrogen (secondary N) is 2. The average molecular weight is 670 g/mol. The molecule has 1 amide bonds. The molecule has 0 radical (unpaired) electrons. The van der Waals surface area contributed by atoms with Crippen LogP contribution < -0.4 is 15.5 Å². The minimum atomic E-state index is -0.501. The molecule has 0 fully saturated rings. The lowest BCUT2D eigenvalue weighted by Crippen LogP contribution is -2.21. The Balaban J connectivity index is 2.08. The molecule has 1 aromatic heterocycles. The molecule has 2 aromatic carbocycles. The maximum atomic E-state index is 12.1. The van der Waals surface area contributed by atoms with Crippen LogP contribution in [-0.4, -0.2) is 41.6 Å². The van der Waals surface area contributed by atoms with Gasteiger partial charge in [0.2, 0.25) is 5.91 Å². The van der Waals surface area contributed by atoms with Crippen molar-refractivity contribution in [2.45, 2.75) is 92.6 Å². The zero-order valence-corrected chi connectivity index (χ0v) is 29.7. The number of nitrogens with zero attached hydrogens (tertiary/aromatic N) is 6. The van der Waals surface area contributed by atoms with Gasteiger partial charge in [0.05, 0.1) is 27.5 Å². The number of unbranched alkanes of at least 4 members (excludes halogenated alkanes) is 1. The molecule has 0 aliphatic rings. The van der Waals surface area contributed by atoms with E-state index >= 15 is 0 Å². The van der Waals surface area contributed by atoms with Crippen LogP contribution in [0.4, 0.5) is 28.6 Å². The molecule has 0 saturated heterocycles. The van der Waals surface area contributed by atoms with E-state index in [4.69, 9.17) is 33.0 Å². The first-order valence-electron chi connectivity index (χ1n) is 15.8. The highest BCUT2D eigenvalue weighted by atomic mass is 35.5. The van der Waals surface area contributed by atoms with Gasteiger partial charge >= 0.3 is 0 Å². The molecule has 1 heterocycles. The van der Waals surface area contributed by atoms with E-state index in [1.165, 1.54) is 11.6 Å². The molecule has 3 aromatic rings. The molecule has 0 spiro atoms. The molecule has 0 bridgehead atoms. The predicted octanol–water partition coefficient (Wildman–Crippen LogP) is 9.92. The number of hydrogen-bond donors (Lipinski definition) is 2. The highest BCUT2D eigenvalue weighted by Crippen LogP contribution is 2.40. The van der Waals surface area contributed by atoms with Crippen molar-refractivity contribution in [1.82, 2.24) is 9.78 Å². The normalized spacial score (nSPS) is 12.3. The van der Waals surface area contributed by atoms with Crippen molar-refractivity contribution in [1.29, 1.82) is 5.26 Å². The average Bonchev–Trinajstić information content (AvgIpc) is 3.37. The lowest BCUT2D eigenvalue weighted by molar-refractivity contribution is -0.114. The molecule has 0 aliphatic heterocycles. The van der Waals surface area contributed by atoms with Gasteiger partial charge in [-0.1, -0.05) is 70.7 Å². The number of benzene rings is 2. The second-order valence-corrected chi connectivity index (χ2v) is 12.8. The van der Waals surface area contributed by atoms with E-state index in [9.17, 15) is 10.1 Å². The van der Waals surface area contributed by atoms with Crippen LogP contribution in [0.1, 0.15) is 92.3 Å². The van der Waals surface area contributed by atoms with Gasteiger partial charge in [-0.25, -0.2) is 4.68 Å². The maximum Gasteiger partial charge on any atom is 0.221 e. The Morgan fingerprint density at radius 3 is 2.33 bits per heavy atom.